The van der Waals surface area contributed by atoms with E-state index in [4.69, 9.17) is 14.5 Å². The summed E-state index contributed by atoms with van der Waals surface area (Å²) in [5.41, 5.74) is 4.40. The number of aliphatic hydroxyl groups is 1. The topological polar surface area (TPSA) is 114 Å². The molecule has 6 heterocycles. The van der Waals surface area contributed by atoms with Gasteiger partial charge in [0.15, 0.2) is 0 Å². The number of hydrogen-bond donors (Lipinski definition) is 1. The predicted octanol–water partition coefficient (Wildman–Crippen LogP) is 0.357. The molecule has 10 nitrogen and oxygen atoms in total. The second-order valence-corrected chi connectivity index (χ2v) is 14.5. The van der Waals surface area contributed by atoms with Crippen LogP contribution in [0.5, 0.6) is 5.75 Å². The number of cyclic esters (lactones) is 1. The van der Waals surface area contributed by atoms with E-state index in [1.807, 2.05) is 17.0 Å². The van der Waals surface area contributed by atoms with Crippen LogP contribution in [0.25, 0.3) is 22.3 Å². The van der Waals surface area contributed by atoms with Gasteiger partial charge in [0.25, 0.3) is 0 Å². The molecule has 0 radical (unpaired) electrons. The van der Waals surface area contributed by atoms with Crippen molar-refractivity contribution in [3.8, 4) is 17.1 Å². The predicted molar refractivity (Wildman–Crippen MR) is 156 cm³/mol. The van der Waals surface area contributed by atoms with Gasteiger partial charge in [0.1, 0.15) is 0 Å². The number of likely N-dealkylation sites (tertiary alicyclic amines) is 2. The normalized spacial score (nSPS) is 22.3. The van der Waals surface area contributed by atoms with E-state index in [-0.39, 0.29) is 18.3 Å². The summed E-state index contributed by atoms with van der Waals surface area (Å²) in [6, 6.07) is 7.81. The van der Waals surface area contributed by atoms with Crippen LogP contribution in [0, 0.1) is 0 Å². The molecule has 4 aliphatic heterocycles. The molecular weight excluding hydrogens is 663 g/mol. The van der Waals surface area contributed by atoms with E-state index in [9.17, 15) is 19.5 Å². The molecule has 1 atom stereocenters. The maximum atomic E-state index is 13.6. The zero-order valence-electron chi connectivity index (χ0n) is 24.5. The molecular formula is C32H36IN4O6-. The summed E-state index contributed by atoms with van der Waals surface area (Å²) in [6.07, 6.45) is 6.18. The Hall–Kier alpha value is -3.03. The third kappa shape index (κ3) is 4.74. The Morgan fingerprint density at radius 2 is 1.88 bits per heavy atom. The van der Waals surface area contributed by atoms with Gasteiger partial charge in [-0.2, -0.15) is 0 Å². The number of aryl methyl sites for hydroxylation is 1. The number of nitrogens with zero attached hydrogens (tertiary/aromatic N) is 4. The number of hydrogen-bond acceptors (Lipinski definition) is 8. The average molecular weight is 700 g/mol. The molecule has 11 heteroatoms. The number of pyridine rings is 2. The van der Waals surface area contributed by atoms with Gasteiger partial charge in [-0.05, 0) is 38.8 Å². The van der Waals surface area contributed by atoms with Crippen molar-refractivity contribution < 1.29 is 45.4 Å². The van der Waals surface area contributed by atoms with Gasteiger partial charge >= 0.3 is 182 Å². The fourth-order valence-corrected chi connectivity index (χ4v) is 8.88. The number of esters is 1. The van der Waals surface area contributed by atoms with Gasteiger partial charge in [0, 0.05) is 19.1 Å². The third-order valence-electron chi connectivity index (χ3n) is 9.57. The number of aromatic nitrogens is 2. The Balaban J connectivity index is 1.16. The molecule has 0 aliphatic carbocycles. The van der Waals surface area contributed by atoms with Gasteiger partial charge in [0.2, 0.25) is 0 Å². The number of alkyl halides is 2. The molecule has 3 aromatic rings. The van der Waals surface area contributed by atoms with E-state index < -0.39 is 30.8 Å². The number of fused-ring (bicyclic) bond motifs is 5. The molecule has 2 saturated heterocycles. The Morgan fingerprint density at radius 3 is 2.60 bits per heavy atom. The van der Waals surface area contributed by atoms with Crippen LogP contribution in [-0.4, -0.2) is 73.7 Å². The van der Waals surface area contributed by atoms with Crippen molar-refractivity contribution in [2.24, 2.45) is 0 Å². The molecule has 1 N–H and O–H groups in total. The molecule has 0 spiro atoms. The number of carbonyl (C=O) groups is 2. The first-order valence-electron chi connectivity index (χ1n) is 15.2. The summed E-state index contributed by atoms with van der Waals surface area (Å²) in [5.74, 6) is -0.213. The minimum atomic E-state index is -1.75. The minimum absolute atomic E-state index is 0.142. The van der Waals surface area contributed by atoms with E-state index in [0.717, 1.165) is 34.9 Å². The average Bonchev–Trinajstić information content (AvgIpc) is 3.41. The van der Waals surface area contributed by atoms with Crippen molar-refractivity contribution in [1.29, 1.82) is 0 Å². The summed E-state index contributed by atoms with van der Waals surface area (Å²) in [7, 11) is 0. The van der Waals surface area contributed by atoms with Crippen molar-refractivity contribution in [2.75, 3.05) is 31.1 Å². The Morgan fingerprint density at radius 1 is 1.12 bits per heavy atom. The molecule has 0 saturated carbocycles. The Labute approximate surface area is 260 Å². The molecule has 2 aromatic heterocycles. The van der Waals surface area contributed by atoms with Crippen LogP contribution in [0.3, 0.4) is 0 Å². The van der Waals surface area contributed by atoms with Crippen LogP contribution in [0.1, 0.15) is 61.3 Å². The number of benzene rings is 1. The number of carbonyl (C=O) groups excluding carboxylic acids is 2. The zero-order valence-corrected chi connectivity index (χ0v) is 26.7. The van der Waals surface area contributed by atoms with E-state index in [0.29, 0.717) is 60.4 Å². The standard InChI is InChI=1S/C32H36IN4O6/c1-3-21-22-15-20(43-31(40)36-13-9-19(10-14-36)35-11-5-4-6-12-35)7-8-26(22)34-28-23(21)17-37-27(28)16-25-24(29(37)38)18-42-30(39)32(25,41)33-2/h7-8,15-16,19,41H,3-6,9-14,17-18H2,1-2H3/q-1/t32-/m0/s1. The summed E-state index contributed by atoms with van der Waals surface area (Å²) in [6.45, 7) is 5.99. The summed E-state index contributed by atoms with van der Waals surface area (Å²) in [5, 5.41) is 12.1. The van der Waals surface area contributed by atoms with Crippen molar-refractivity contribution in [2.45, 2.75) is 68.2 Å². The Kier molecular flexibility index (Phi) is 7.45. The molecule has 43 heavy (non-hydrogen) atoms. The third-order valence-corrected chi connectivity index (χ3v) is 12.2. The molecule has 0 unspecified atom stereocenters. The fourth-order valence-electron chi connectivity index (χ4n) is 7.22. The fraction of sp³-hybridized carbons (Fsp3) is 0.500. The van der Waals surface area contributed by atoms with Crippen LogP contribution in [0.4, 0.5) is 4.79 Å². The maximum absolute atomic E-state index is 13.6. The number of amides is 1. The molecule has 0 bridgehead atoms. The summed E-state index contributed by atoms with van der Waals surface area (Å²) >= 11 is -1.01. The second kappa shape index (κ2) is 11.2. The van der Waals surface area contributed by atoms with E-state index in [1.165, 1.54) is 32.4 Å². The van der Waals surface area contributed by atoms with Gasteiger partial charge in [-0.15, -0.1) is 0 Å². The van der Waals surface area contributed by atoms with Crippen molar-refractivity contribution in [3.05, 3.63) is 56.9 Å². The van der Waals surface area contributed by atoms with Crippen LogP contribution in [-0.2, 0) is 32.7 Å². The second-order valence-electron chi connectivity index (χ2n) is 11.8. The van der Waals surface area contributed by atoms with Crippen LogP contribution >= 0.6 is 0 Å². The number of ether oxygens (including phenoxy) is 2. The van der Waals surface area contributed by atoms with Crippen molar-refractivity contribution >= 4 is 23.0 Å². The van der Waals surface area contributed by atoms with E-state index in [2.05, 4.69) is 11.8 Å². The van der Waals surface area contributed by atoms with Crippen LogP contribution in [0.2, 0.25) is 0 Å². The molecule has 228 valence electrons. The van der Waals surface area contributed by atoms with Gasteiger partial charge in [-0.25, -0.2) is 4.79 Å². The Bertz CT molecular complexity index is 1690. The first-order valence-corrected chi connectivity index (χ1v) is 18.4. The van der Waals surface area contributed by atoms with Gasteiger partial charge in [-0.3, -0.25) is 0 Å². The molecule has 2 fully saturated rings. The van der Waals surface area contributed by atoms with Gasteiger partial charge in [-0.1, -0.05) is 6.42 Å². The zero-order chi connectivity index (χ0) is 29.9. The van der Waals surface area contributed by atoms with Gasteiger partial charge in [0.05, 0.1) is 0 Å². The summed E-state index contributed by atoms with van der Waals surface area (Å²) < 4.78 is 11.0. The first-order chi connectivity index (χ1) is 20.8. The van der Waals surface area contributed by atoms with E-state index in [1.54, 1.807) is 21.6 Å². The quantitative estimate of drug-likeness (QED) is 0.185. The van der Waals surface area contributed by atoms with Crippen molar-refractivity contribution in [3.63, 3.8) is 0 Å². The SMILES string of the molecule is CCc1c2c(nc3ccc(OC(=O)N4CCC(N5CCCCC5)CC4)cc13)-c1cc3c(c(=O)n1C2)COC(=O)[C@]3(O)[I-]C. The van der Waals surface area contributed by atoms with E-state index >= 15 is 0 Å². The number of rotatable bonds is 4. The monoisotopic (exact) mass is 699 g/mol. The van der Waals surface area contributed by atoms with Gasteiger partial charge < -0.3 is 9.80 Å². The molecule has 1 aromatic carbocycles. The molecule has 1 amide bonds. The number of piperidine rings is 2. The van der Waals surface area contributed by atoms with Crippen molar-refractivity contribution in [1.82, 2.24) is 19.4 Å². The van der Waals surface area contributed by atoms with Crippen LogP contribution in [0.15, 0.2) is 29.1 Å². The molecule has 7 rings (SSSR count). The molecule has 4 aliphatic rings. The van der Waals surface area contributed by atoms with Crippen LogP contribution < -0.4 is 31.5 Å². The number of halogens is 1. The first kappa shape index (κ1) is 28.7. The summed E-state index contributed by atoms with van der Waals surface area (Å²) in [4.78, 5) is 50.4.